The first-order valence-electron chi connectivity index (χ1n) is 6.66. The summed E-state index contributed by atoms with van der Waals surface area (Å²) < 4.78 is 0. The molecule has 1 aromatic rings. The van der Waals surface area contributed by atoms with Gasteiger partial charge in [0.1, 0.15) is 0 Å². The third-order valence-corrected chi connectivity index (χ3v) is 3.52. The SMILES string of the molecule is Cc1ccccc1C(=O)CCN(CCO)C1CC1. The van der Waals surface area contributed by atoms with Gasteiger partial charge in [0.25, 0.3) is 0 Å². The second-order valence-electron chi connectivity index (χ2n) is 4.98. The zero-order valence-corrected chi connectivity index (χ0v) is 10.9. The Labute approximate surface area is 108 Å². The van der Waals surface area contributed by atoms with E-state index in [4.69, 9.17) is 5.11 Å². The van der Waals surface area contributed by atoms with Crippen molar-refractivity contribution in [1.29, 1.82) is 0 Å². The summed E-state index contributed by atoms with van der Waals surface area (Å²) in [6, 6.07) is 8.33. The zero-order valence-electron chi connectivity index (χ0n) is 10.9. The smallest absolute Gasteiger partial charge is 0.164 e. The van der Waals surface area contributed by atoms with Gasteiger partial charge >= 0.3 is 0 Å². The van der Waals surface area contributed by atoms with Crippen molar-refractivity contribution in [2.75, 3.05) is 19.7 Å². The second-order valence-corrected chi connectivity index (χ2v) is 4.98. The number of rotatable bonds is 7. The summed E-state index contributed by atoms with van der Waals surface area (Å²) in [6.07, 6.45) is 2.96. The number of Topliss-reactive ketones (excluding diaryl/α,β-unsaturated/α-hetero) is 1. The van der Waals surface area contributed by atoms with Crippen LogP contribution >= 0.6 is 0 Å². The van der Waals surface area contributed by atoms with Gasteiger partial charge in [-0.25, -0.2) is 0 Å². The maximum atomic E-state index is 12.1. The number of carbonyl (C=O) groups is 1. The van der Waals surface area contributed by atoms with Gasteiger partial charge in [0.15, 0.2) is 5.78 Å². The van der Waals surface area contributed by atoms with Gasteiger partial charge in [-0.15, -0.1) is 0 Å². The molecule has 3 nitrogen and oxygen atoms in total. The largest absolute Gasteiger partial charge is 0.395 e. The molecule has 0 bridgehead atoms. The van der Waals surface area contributed by atoms with Gasteiger partial charge in [-0.2, -0.15) is 0 Å². The van der Waals surface area contributed by atoms with Gasteiger partial charge in [0.05, 0.1) is 6.61 Å². The Morgan fingerprint density at radius 3 is 2.67 bits per heavy atom. The van der Waals surface area contributed by atoms with E-state index in [-0.39, 0.29) is 12.4 Å². The minimum absolute atomic E-state index is 0.176. The number of aliphatic hydroxyl groups is 1. The standard InChI is InChI=1S/C15H21NO2/c1-12-4-2-3-5-14(12)15(18)8-9-16(10-11-17)13-6-7-13/h2-5,13,17H,6-11H2,1H3. The molecular formula is C15H21NO2. The molecule has 3 heteroatoms. The van der Waals surface area contributed by atoms with Gasteiger partial charge in [0.2, 0.25) is 0 Å². The fourth-order valence-electron chi connectivity index (χ4n) is 2.31. The van der Waals surface area contributed by atoms with Crippen molar-refractivity contribution in [1.82, 2.24) is 4.90 Å². The topological polar surface area (TPSA) is 40.5 Å². The third kappa shape index (κ3) is 3.40. The molecule has 1 aromatic carbocycles. The second kappa shape index (κ2) is 6.12. The molecule has 0 unspecified atom stereocenters. The summed E-state index contributed by atoms with van der Waals surface area (Å²) in [5.74, 6) is 0.205. The van der Waals surface area contributed by atoms with Crippen molar-refractivity contribution in [3.05, 3.63) is 35.4 Å². The van der Waals surface area contributed by atoms with E-state index < -0.39 is 0 Å². The average Bonchev–Trinajstić information content (AvgIpc) is 3.19. The Bertz CT molecular complexity index is 413. The van der Waals surface area contributed by atoms with E-state index in [1.807, 2.05) is 31.2 Å². The van der Waals surface area contributed by atoms with Crippen LogP contribution in [0, 0.1) is 6.92 Å². The summed E-state index contributed by atoms with van der Waals surface area (Å²) in [6.45, 7) is 3.60. The molecule has 0 heterocycles. The van der Waals surface area contributed by atoms with Crippen LogP contribution in [0.1, 0.15) is 35.2 Å². The molecule has 0 atom stereocenters. The highest BCUT2D eigenvalue weighted by molar-refractivity contribution is 5.97. The van der Waals surface area contributed by atoms with Crippen molar-refractivity contribution in [2.45, 2.75) is 32.2 Å². The number of hydrogen-bond acceptors (Lipinski definition) is 3. The highest BCUT2D eigenvalue weighted by atomic mass is 16.3. The van der Waals surface area contributed by atoms with Gasteiger partial charge in [-0.3, -0.25) is 9.69 Å². The van der Waals surface area contributed by atoms with Crippen molar-refractivity contribution < 1.29 is 9.90 Å². The van der Waals surface area contributed by atoms with E-state index in [1.54, 1.807) is 0 Å². The molecule has 0 spiro atoms. The summed E-state index contributed by atoms with van der Waals surface area (Å²) >= 11 is 0. The highest BCUT2D eigenvalue weighted by Gasteiger charge is 2.28. The Morgan fingerprint density at radius 2 is 2.06 bits per heavy atom. The van der Waals surface area contributed by atoms with E-state index in [0.29, 0.717) is 19.0 Å². The maximum Gasteiger partial charge on any atom is 0.164 e. The molecule has 0 amide bonds. The lowest BCUT2D eigenvalue weighted by molar-refractivity contribution is 0.0954. The fraction of sp³-hybridized carbons (Fsp3) is 0.533. The Morgan fingerprint density at radius 1 is 1.33 bits per heavy atom. The lowest BCUT2D eigenvalue weighted by Crippen LogP contribution is -2.31. The first kappa shape index (κ1) is 13.2. The van der Waals surface area contributed by atoms with E-state index in [1.165, 1.54) is 12.8 Å². The average molecular weight is 247 g/mol. The van der Waals surface area contributed by atoms with Crippen LogP contribution in [0.25, 0.3) is 0 Å². The zero-order chi connectivity index (χ0) is 13.0. The molecule has 0 radical (unpaired) electrons. The summed E-state index contributed by atoms with van der Waals surface area (Å²) in [5.41, 5.74) is 1.87. The number of aliphatic hydroxyl groups excluding tert-OH is 1. The molecule has 18 heavy (non-hydrogen) atoms. The van der Waals surface area contributed by atoms with Crippen LogP contribution in [0.15, 0.2) is 24.3 Å². The van der Waals surface area contributed by atoms with Crippen LogP contribution in [0.2, 0.25) is 0 Å². The van der Waals surface area contributed by atoms with E-state index >= 15 is 0 Å². The van der Waals surface area contributed by atoms with Gasteiger partial charge in [-0.1, -0.05) is 24.3 Å². The van der Waals surface area contributed by atoms with Gasteiger partial charge in [-0.05, 0) is 25.3 Å². The van der Waals surface area contributed by atoms with Crippen molar-refractivity contribution >= 4 is 5.78 Å². The predicted molar refractivity (Wildman–Crippen MR) is 71.8 cm³/mol. The molecular weight excluding hydrogens is 226 g/mol. The minimum Gasteiger partial charge on any atom is -0.395 e. The van der Waals surface area contributed by atoms with Crippen molar-refractivity contribution in [3.63, 3.8) is 0 Å². The summed E-state index contributed by atoms with van der Waals surface area (Å²) in [7, 11) is 0. The van der Waals surface area contributed by atoms with Gasteiger partial charge in [0, 0.05) is 31.1 Å². The summed E-state index contributed by atoms with van der Waals surface area (Å²) in [4.78, 5) is 14.4. The summed E-state index contributed by atoms with van der Waals surface area (Å²) in [5, 5.41) is 9.01. The van der Waals surface area contributed by atoms with Crippen LogP contribution in [0.3, 0.4) is 0 Å². The number of benzene rings is 1. The molecule has 98 valence electrons. The normalized spacial score (nSPS) is 15.1. The lowest BCUT2D eigenvalue weighted by Gasteiger charge is -2.20. The van der Waals surface area contributed by atoms with Crippen LogP contribution in [0.4, 0.5) is 0 Å². The van der Waals surface area contributed by atoms with Crippen LogP contribution in [-0.2, 0) is 0 Å². The molecule has 2 rings (SSSR count). The highest BCUT2D eigenvalue weighted by Crippen LogP contribution is 2.26. The molecule has 1 aliphatic carbocycles. The number of nitrogens with zero attached hydrogens (tertiary/aromatic N) is 1. The molecule has 0 aliphatic heterocycles. The lowest BCUT2D eigenvalue weighted by atomic mass is 10.0. The number of hydrogen-bond donors (Lipinski definition) is 1. The third-order valence-electron chi connectivity index (χ3n) is 3.52. The quantitative estimate of drug-likeness (QED) is 0.749. The van der Waals surface area contributed by atoms with Crippen LogP contribution in [0.5, 0.6) is 0 Å². The van der Waals surface area contributed by atoms with E-state index in [0.717, 1.165) is 17.7 Å². The predicted octanol–water partition coefficient (Wildman–Crippen LogP) is 2.02. The van der Waals surface area contributed by atoms with E-state index in [9.17, 15) is 4.79 Å². The van der Waals surface area contributed by atoms with E-state index in [2.05, 4.69) is 4.90 Å². The Hall–Kier alpha value is -1.19. The number of aryl methyl sites for hydroxylation is 1. The molecule has 0 aromatic heterocycles. The van der Waals surface area contributed by atoms with Gasteiger partial charge < -0.3 is 5.11 Å². The first-order chi connectivity index (χ1) is 8.72. The number of ketones is 1. The van der Waals surface area contributed by atoms with Crippen LogP contribution in [-0.4, -0.2) is 41.5 Å². The van der Waals surface area contributed by atoms with Crippen molar-refractivity contribution in [3.8, 4) is 0 Å². The monoisotopic (exact) mass is 247 g/mol. The fourth-order valence-corrected chi connectivity index (χ4v) is 2.31. The Balaban J connectivity index is 1.89. The maximum absolute atomic E-state index is 12.1. The van der Waals surface area contributed by atoms with Crippen molar-refractivity contribution in [2.24, 2.45) is 0 Å². The molecule has 1 aliphatic rings. The van der Waals surface area contributed by atoms with Crippen LogP contribution < -0.4 is 0 Å². The Kier molecular flexibility index (Phi) is 4.50. The minimum atomic E-state index is 0.176. The molecule has 1 saturated carbocycles. The first-order valence-corrected chi connectivity index (χ1v) is 6.66. The molecule has 1 N–H and O–H groups in total. The molecule has 0 saturated heterocycles. The molecule has 1 fully saturated rings. The number of carbonyl (C=O) groups excluding carboxylic acids is 1.